The van der Waals surface area contributed by atoms with Crippen LogP contribution in [0.25, 0.3) is 0 Å². The van der Waals surface area contributed by atoms with Gasteiger partial charge < -0.3 is 10.5 Å². The fourth-order valence-electron chi connectivity index (χ4n) is 1.76. The second-order valence-electron chi connectivity index (χ2n) is 4.85. The summed E-state index contributed by atoms with van der Waals surface area (Å²) in [5.74, 6) is 0.118. The van der Waals surface area contributed by atoms with Crippen LogP contribution in [0.3, 0.4) is 0 Å². The number of carbonyl (C=O) groups is 1. The second-order valence-corrected chi connectivity index (χ2v) is 4.85. The van der Waals surface area contributed by atoms with E-state index in [0.29, 0.717) is 5.75 Å². The molecule has 0 saturated heterocycles. The van der Waals surface area contributed by atoms with Gasteiger partial charge in [-0.15, -0.1) is 0 Å². The van der Waals surface area contributed by atoms with E-state index in [1.807, 2.05) is 18.2 Å². The fraction of sp³-hybridized carbons (Fsp3) is 0.176. The predicted molar refractivity (Wildman–Crippen MR) is 84.3 cm³/mol. The number of ether oxygens (including phenoxy) is 1. The molecule has 4 nitrogen and oxygen atoms in total. The molecule has 0 unspecified atom stereocenters. The number of aliphatic imine (C=N–C) groups is 1. The first-order valence-corrected chi connectivity index (χ1v) is 6.67. The number of nitrogens with zero attached hydrogens (tertiary/aromatic N) is 1. The molecule has 0 aliphatic carbocycles. The smallest absolute Gasteiger partial charge is 0.255 e. The van der Waals surface area contributed by atoms with Crippen LogP contribution in [-0.2, 0) is 4.79 Å². The van der Waals surface area contributed by atoms with Gasteiger partial charge >= 0.3 is 0 Å². The first-order valence-electron chi connectivity index (χ1n) is 6.67. The Labute approximate surface area is 124 Å². The largest absolute Gasteiger partial charge is 0.484 e. The lowest BCUT2D eigenvalue weighted by atomic mass is 10.1. The van der Waals surface area contributed by atoms with Crippen LogP contribution in [-0.4, -0.2) is 18.7 Å². The van der Waals surface area contributed by atoms with Crippen molar-refractivity contribution in [3.8, 4) is 5.75 Å². The number of nitrogens with two attached hydrogens (primary N) is 1. The summed E-state index contributed by atoms with van der Waals surface area (Å²) in [5, 5.41) is 0. The molecule has 108 valence electrons. The Morgan fingerprint density at radius 2 is 1.86 bits per heavy atom. The number of amides is 1. The molecule has 0 heterocycles. The van der Waals surface area contributed by atoms with Gasteiger partial charge in [-0.25, -0.2) is 0 Å². The summed E-state index contributed by atoms with van der Waals surface area (Å²) in [6.07, 6.45) is 1.79. The normalized spacial score (nSPS) is 10.8. The molecule has 0 fully saturated rings. The van der Waals surface area contributed by atoms with Crippen LogP contribution in [0.4, 0.5) is 5.69 Å². The molecule has 2 rings (SSSR count). The van der Waals surface area contributed by atoms with Crippen LogP contribution >= 0.6 is 0 Å². The van der Waals surface area contributed by atoms with Gasteiger partial charge in [0.2, 0.25) is 0 Å². The van der Waals surface area contributed by atoms with E-state index in [-0.39, 0.29) is 6.61 Å². The summed E-state index contributed by atoms with van der Waals surface area (Å²) < 4.78 is 5.20. The molecule has 0 spiro atoms. The van der Waals surface area contributed by atoms with Gasteiger partial charge in [-0.3, -0.25) is 9.79 Å². The Morgan fingerprint density at radius 1 is 1.14 bits per heavy atom. The molecule has 1 amide bonds. The lowest BCUT2D eigenvalue weighted by Gasteiger charge is -2.03. The van der Waals surface area contributed by atoms with Crippen molar-refractivity contribution in [3.63, 3.8) is 0 Å². The quantitative estimate of drug-likeness (QED) is 0.857. The first-order chi connectivity index (χ1) is 10.0. The van der Waals surface area contributed by atoms with Gasteiger partial charge in [0.25, 0.3) is 5.91 Å². The van der Waals surface area contributed by atoms with Crippen molar-refractivity contribution in [1.82, 2.24) is 0 Å². The van der Waals surface area contributed by atoms with Crippen LogP contribution in [0.2, 0.25) is 0 Å². The van der Waals surface area contributed by atoms with Crippen molar-refractivity contribution in [2.75, 3.05) is 6.61 Å². The zero-order valence-corrected chi connectivity index (χ0v) is 12.2. The van der Waals surface area contributed by atoms with Crippen molar-refractivity contribution in [2.24, 2.45) is 10.7 Å². The molecule has 0 radical (unpaired) electrons. The van der Waals surface area contributed by atoms with Crippen molar-refractivity contribution in [3.05, 3.63) is 59.2 Å². The van der Waals surface area contributed by atoms with Gasteiger partial charge in [0, 0.05) is 6.21 Å². The van der Waals surface area contributed by atoms with E-state index in [4.69, 9.17) is 10.5 Å². The zero-order valence-electron chi connectivity index (χ0n) is 12.2. The van der Waals surface area contributed by atoms with E-state index in [2.05, 4.69) is 31.0 Å². The number of primary amides is 1. The fourth-order valence-corrected chi connectivity index (χ4v) is 1.76. The predicted octanol–water partition coefficient (Wildman–Crippen LogP) is 2.92. The third-order valence-electron chi connectivity index (χ3n) is 3.11. The van der Waals surface area contributed by atoms with E-state index in [0.717, 1.165) is 11.3 Å². The highest BCUT2D eigenvalue weighted by Gasteiger charge is 1.98. The number of hydrogen-bond donors (Lipinski definition) is 1. The standard InChI is InChI=1S/C17H18N2O2/c1-12-3-6-15(9-13(12)2)19-10-14-4-7-16(8-5-14)21-11-17(18)20/h3-10H,11H2,1-2H3,(H2,18,20). The molecule has 0 aromatic heterocycles. The highest BCUT2D eigenvalue weighted by Crippen LogP contribution is 2.17. The summed E-state index contributed by atoms with van der Waals surface area (Å²) >= 11 is 0. The molecule has 4 heteroatoms. The topological polar surface area (TPSA) is 64.7 Å². The number of aryl methyl sites for hydroxylation is 2. The van der Waals surface area contributed by atoms with Crippen molar-refractivity contribution >= 4 is 17.8 Å². The Kier molecular flexibility index (Phi) is 4.72. The van der Waals surface area contributed by atoms with Crippen molar-refractivity contribution < 1.29 is 9.53 Å². The lowest BCUT2D eigenvalue weighted by molar-refractivity contribution is -0.119. The third kappa shape index (κ3) is 4.45. The summed E-state index contributed by atoms with van der Waals surface area (Å²) in [6, 6.07) is 13.4. The molecule has 21 heavy (non-hydrogen) atoms. The molecule has 2 aromatic carbocycles. The molecule has 0 saturated carbocycles. The minimum atomic E-state index is -0.490. The van der Waals surface area contributed by atoms with Crippen LogP contribution in [0.1, 0.15) is 16.7 Å². The molecule has 0 aliphatic heterocycles. The first kappa shape index (κ1) is 14.8. The summed E-state index contributed by atoms with van der Waals surface area (Å²) in [6.45, 7) is 4.03. The van der Waals surface area contributed by atoms with E-state index in [1.54, 1.807) is 18.3 Å². The van der Waals surface area contributed by atoms with Gasteiger partial charge in [-0.1, -0.05) is 6.07 Å². The Balaban J connectivity index is 2.03. The van der Waals surface area contributed by atoms with E-state index in [1.165, 1.54) is 11.1 Å². The van der Waals surface area contributed by atoms with Crippen molar-refractivity contribution in [2.45, 2.75) is 13.8 Å². The average Bonchev–Trinajstić information content (AvgIpc) is 2.47. The molecule has 0 bridgehead atoms. The van der Waals surface area contributed by atoms with E-state index >= 15 is 0 Å². The third-order valence-corrected chi connectivity index (χ3v) is 3.11. The second kappa shape index (κ2) is 6.70. The molecule has 2 N–H and O–H groups in total. The van der Waals surface area contributed by atoms with Gasteiger partial charge in [-0.05, 0) is 66.9 Å². The van der Waals surface area contributed by atoms with Crippen LogP contribution in [0, 0.1) is 13.8 Å². The summed E-state index contributed by atoms with van der Waals surface area (Å²) in [7, 11) is 0. The van der Waals surface area contributed by atoms with Crippen LogP contribution in [0.15, 0.2) is 47.5 Å². The molecular formula is C17H18N2O2. The monoisotopic (exact) mass is 282 g/mol. The maximum Gasteiger partial charge on any atom is 0.255 e. The minimum absolute atomic E-state index is 0.115. The van der Waals surface area contributed by atoms with E-state index < -0.39 is 5.91 Å². The lowest BCUT2D eigenvalue weighted by Crippen LogP contribution is -2.19. The van der Waals surface area contributed by atoms with E-state index in [9.17, 15) is 4.79 Å². The Bertz CT molecular complexity index is 661. The van der Waals surface area contributed by atoms with Crippen LogP contribution in [0.5, 0.6) is 5.75 Å². The SMILES string of the molecule is Cc1ccc(N=Cc2ccc(OCC(N)=O)cc2)cc1C. The van der Waals surface area contributed by atoms with Gasteiger partial charge in [0.15, 0.2) is 6.61 Å². The van der Waals surface area contributed by atoms with Gasteiger partial charge in [0.05, 0.1) is 5.69 Å². The highest BCUT2D eigenvalue weighted by molar-refractivity contribution is 5.82. The number of carbonyl (C=O) groups excluding carboxylic acids is 1. The Morgan fingerprint density at radius 3 is 2.48 bits per heavy atom. The van der Waals surface area contributed by atoms with Crippen LogP contribution < -0.4 is 10.5 Å². The number of benzene rings is 2. The average molecular weight is 282 g/mol. The number of rotatable bonds is 5. The van der Waals surface area contributed by atoms with Gasteiger partial charge in [-0.2, -0.15) is 0 Å². The van der Waals surface area contributed by atoms with Crippen molar-refractivity contribution in [1.29, 1.82) is 0 Å². The molecule has 0 aliphatic rings. The Hall–Kier alpha value is -2.62. The minimum Gasteiger partial charge on any atom is -0.484 e. The molecular weight excluding hydrogens is 264 g/mol. The zero-order chi connectivity index (χ0) is 15.2. The summed E-state index contributed by atoms with van der Waals surface area (Å²) in [5.41, 5.74) is 9.38. The maximum atomic E-state index is 10.6. The van der Waals surface area contributed by atoms with Gasteiger partial charge in [0.1, 0.15) is 5.75 Å². The molecule has 2 aromatic rings. The highest BCUT2D eigenvalue weighted by atomic mass is 16.5. The summed E-state index contributed by atoms with van der Waals surface area (Å²) in [4.78, 5) is 15.1. The molecule has 0 atom stereocenters. The maximum absolute atomic E-state index is 10.6. The number of hydrogen-bond acceptors (Lipinski definition) is 3.